The summed E-state index contributed by atoms with van der Waals surface area (Å²) in [6.45, 7) is 4.08. The maximum absolute atomic E-state index is 11.9. The van der Waals surface area contributed by atoms with E-state index in [1.807, 2.05) is 0 Å². The van der Waals surface area contributed by atoms with Gasteiger partial charge in [-0.1, -0.05) is 6.92 Å². The minimum Gasteiger partial charge on any atom is -0.347 e. The van der Waals surface area contributed by atoms with Crippen LogP contribution in [-0.4, -0.2) is 51.5 Å². The molecule has 18 heavy (non-hydrogen) atoms. The van der Waals surface area contributed by atoms with Crippen molar-refractivity contribution in [2.24, 2.45) is 0 Å². The fourth-order valence-electron chi connectivity index (χ4n) is 2.88. The number of sulfone groups is 1. The summed E-state index contributed by atoms with van der Waals surface area (Å²) in [5.41, 5.74) is 0. The van der Waals surface area contributed by atoms with Gasteiger partial charge in [-0.2, -0.15) is 0 Å². The predicted molar refractivity (Wildman–Crippen MR) is 69.2 cm³/mol. The van der Waals surface area contributed by atoms with Crippen molar-refractivity contribution < 1.29 is 17.9 Å². The maximum atomic E-state index is 11.9. The molecule has 2 rings (SSSR count). The lowest BCUT2D eigenvalue weighted by atomic mass is 9.89. The largest absolute Gasteiger partial charge is 0.347 e. The summed E-state index contributed by atoms with van der Waals surface area (Å²) in [4.78, 5) is 0. The van der Waals surface area contributed by atoms with Crippen molar-refractivity contribution in [3.8, 4) is 0 Å². The SMILES string of the molecule is CCCNC1CCC2(CC1S(C)(=O)=O)OCCO2. The van der Waals surface area contributed by atoms with Crippen LogP contribution in [0.4, 0.5) is 0 Å². The second-order valence-electron chi connectivity index (χ2n) is 5.28. The molecule has 1 aliphatic heterocycles. The third-order valence-electron chi connectivity index (χ3n) is 3.82. The number of hydrogen-bond acceptors (Lipinski definition) is 5. The van der Waals surface area contributed by atoms with E-state index in [1.54, 1.807) is 0 Å². The quantitative estimate of drug-likeness (QED) is 0.819. The molecule has 2 aliphatic rings. The predicted octanol–water partition coefficient (Wildman–Crippen LogP) is 0.695. The highest BCUT2D eigenvalue weighted by atomic mass is 32.2. The van der Waals surface area contributed by atoms with Gasteiger partial charge in [0.15, 0.2) is 15.6 Å². The zero-order valence-electron chi connectivity index (χ0n) is 11.1. The first kappa shape index (κ1) is 14.2. The van der Waals surface area contributed by atoms with E-state index in [0.29, 0.717) is 19.6 Å². The first-order chi connectivity index (χ1) is 8.47. The van der Waals surface area contributed by atoms with Crippen molar-refractivity contribution in [2.45, 2.75) is 49.7 Å². The second-order valence-corrected chi connectivity index (χ2v) is 7.54. The Morgan fingerprint density at radius 1 is 1.33 bits per heavy atom. The molecule has 2 unspecified atom stereocenters. The molecule has 2 fully saturated rings. The van der Waals surface area contributed by atoms with E-state index in [9.17, 15) is 8.42 Å². The van der Waals surface area contributed by atoms with Gasteiger partial charge in [0, 0.05) is 25.1 Å². The number of rotatable bonds is 4. The molecule has 0 bridgehead atoms. The van der Waals surface area contributed by atoms with Gasteiger partial charge in [0.05, 0.1) is 18.5 Å². The first-order valence-corrected chi connectivity index (χ1v) is 8.62. The Kier molecular flexibility index (Phi) is 4.31. The van der Waals surface area contributed by atoms with E-state index < -0.39 is 20.9 Å². The van der Waals surface area contributed by atoms with E-state index >= 15 is 0 Å². The van der Waals surface area contributed by atoms with E-state index in [0.717, 1.165) is 25.8 Å². The van der Waals surface area contributed by atoms with E-state index in [2.05, 4.69) is 12.2 Å². The van der Waals surface area contributed by atoms with Crippen LogP contribution in [0.1, 0.15) is 32.6 Å². The monoisotopic (exact) mass is 277 g/mol. The van der Waals surface area contributed by atoms with Gasteiger partial charge in [-0.25, -0.2) is 8.42 Å². The molecule has 1 aliphatic carbocycles. The molecule has 0 aromatic rings. The van der Waals surface area contributed by atoms with Crippen LogP contribution >= 0.6 is 0 Å². The number of ether oxygens (including phenoxy) is 2. The van der Waals surface area contributed by atoms with Crippen molar-refractivity contribution in [2.75, 3.05) is 26.0 Å². The molecular weight excluding hydrogens is 254 g/mol. The minimum absolute atomic E-state index is 0.0263. The average Bonchev–Trinajstić information content (AvgIpc) is 2.75. The summed E-state index contributed by atoms with van der Waals surface area (Å²) in [6, 6.07) is 0.0263. The number of hydrogen-bond donors (Lipinski definition) is 1. The van der Waals surface area contributed by atoms with Gasteiger partial charge in [0.25, 0.3) is 0 Å². The van der Waals surface area contributed by atoms with Crippen LogP contribution in [-0.2, 0) is 19.3 Å². The van der Waals surface area contributed by atoms with Gasteiger partial charge in [-0.15, -0.1) is 0 Å². The average molecular weight is 277 g/mol. The van der Waals surface area contributed by atoms with E-state index in [-0.39, 0.29) is 6.04 Å². The lowest BCUT2D eigenvalue weighted by molar-refractivity contribution is -0.178. The van der Waals surface area contributed by atoms with Crippen molar-refractivity contribution >= 4 is 9.84 Å². The molecule has 1 spiro atoms. The Morgan fingerprint density at radius 2 is 2.00 bits per heavy atom. The Labute approximate surface area is 109 Å². The topological polar surface area (TPSA) is 64.6 Å². The third kappa shape index (κ3) is 3.04. The first-order valence-electron chi connectivity index (χ1n) is 6.67. The Morgan fingerprint density at radius 3 is 2.56 bits per heavy atom. The molecular formula is C12H23NO4S. The van der Waals surface area contributed by atoms with Gasteiger partial charge < -0.3 is 14.8 Å². The summed E-state index contributed by atoms with van der Waals surface area (Å²) >= 11 is 0. The molecule has 6 heteroatoms. The normalized spacial score (nSPS) is 31.9. The van der Waals surface area contributed by atoms with Crippen LogP contribution in [0.15, 0.2) is 0 Å². The standard InChI is InChI=1S/C12H23NO4S/c1-3-6-13-10-4-5-12(16-7-8-17-12)9-11(10)18(2,14)15/h10-11,13H,3-9H2,1-2H3. The third-order valence-corrected chi connectivity index (χ3v) is 5.41. The fourth-order valence-corrected chi connectivity index (χ4v) is 4.27. The molecule has 1 saturated heterocycles. The van der Waals surface area contributed by atoms with Gasteiger partial charge in [-0.05, 0) is 19.4 Å². The van der Waals surface area contributed by atoms with Crippen LogP contribution in [0.5, 0.6) is 0 Å². The Balaban J connectivity index is 2.10. The number of nitrogens with one attached hydrogen (secondary N) is 1. The van der Waals surface area contributed by atoms with Gasteiger partial charge >= 0.3 is 0 Å². The fraction of sp³-hybridized carbons (Fsp3) is 1.00. The van der Waals surface area contributed by atoms with Crippen LogP contribution < -0.4 is 5.32 Å². The summed E-state index contributed by atoms with van der Waals surface area (Å²) in [5.74, 6) is -0.641. The van der Waals surface area contributed by atoms with E-state index in [4.69, 9.17) is 9.47 Å². The smallest absolute Gasteiger partial charge is 0.169 e. The lowest BCUT2D eigenvalue weighted by Gasteiger charge is -2.40. The van der Waals surface area contributed by atoms with Crippen LogP contribution in [0, 0.1) is 0 Å². The molecule has 2 atom stereocenters. The van der Waals surface area contributed by atoms with Crippen molar-refractivity contribution in [1.29, 1.82) is 0 Å². The van der Waals surface area contributed by atoms with Crippen molar-refractivity contribution in [3.63, 3.8) is 0 Å². The molecule has 0 amide bonds. The van der Waals surface area contributed by atoms with Crippen LogP contribution in [0.2, 0.25) is 0 Å². The molecule has 106 valence electrons. The molecule has 1 saturated carbocycles. The van der Waals surface area contributed by atoms with E-state index in [1.165, 1.54) is 6.26 Å². The lowest BCUT2D eigenvalue weighted by Crippen LogP contribution is -2.53. The van der Waals surface area contributed by atoms with Crippen molar-refractivity contribution in [3.05, 3.63) is 0 Å². The second kappa shape index (κ2) is 5.45. The minimum atomic E-state index is -3.09. The molecule has 5 nitrogen and oxygen atoms in total. The van der Waals surface area contributed by atoms with Crippen molar-refractivity contribution in [1.82, 2.24) is 5.32 Å². The van der Waals surface area contributed by atoms with Gasteiger partial charge in [-0.3, -0.25) is 0 Å². The Bertz CT molecular complexity index is 376. The molecule has 1 heterocycles. The summed E-state index contributed by atoms with van der Waals surface area (Å²) in [5, 5.41) is 2.94. The van der Waals surface area contributed by atoms with Gasteiger partial charge in [0.1, 0.15) is 0 Å². The molecule has 0 aromatic heterocycles. The highest BCUT2D eigenvalue weighted by Crippen LogP contribution is 2.38. The van der Waals surface area contributed by atoms with Crippen LogP contribution in [0.3, 0.4) is 0 Å². The zero-order chi connectivity index (χ0) is 13.2. The van der Waals surface area contributed by atoms with Gasteiger partial charge in [0.2, 0.25) is 0 Å². The summed E-state index contributed by atoms with van der Waals surface area (Å²) in [6.07, 6.45) is 4.34. The van der Waals surface area contributed by atoms with Crippen LogP contribution in [0.25, 0.3) is 0 Å². The summed E-state index contributed by atoms with van der Waals surface area (Å²) in [7, 11) is -3.09. The highest BCUT2D eigenvalue weighted by Gasteiger charge is 2.48. The highest BCUT2D eigenvalue weighted by molar-refractivity contribution is 7.91. The molecule has 0 aromatic carbocycles. The molecule has 0 radical (unpaired) electrons. The maximum Gasteiger partial charge on any atom is 0.169 e. The molecule has 1 N–H and O–H groups in total. The Hall–Kier alpha value is -0.170. The zero-order valence-corrected chi connectivity index (χ0v) is 12.0. The summed E-state index contributed by atoms with van der Waals surface area (Å²) < 4.78 is 35.2.